The Morgan fingerprint density at radius 1 is 1.10 bits per heavy atom. The lowest BCUT2D eigenvalue weighted by Crippen LogP contribution is -2.30. The Labute approximate surface area is 229 Å². The number of ether oxygens (including phenoxy) is 1. The average Bonchev–Trinajstić information content (AvgIpc) is 3.80. The second-order valence-corrected chi connectivity index (χ2v) is 11.7. The van der Waals surface area contributed by atoms with Crippen molar-refractivity contribution in [1.82, 2.24) is 34.5 Å². The summed E-state index contributed by atoms with van der Waals surface area (Å²) in [5.41, 5.74) is 2.86. The highest BCUT2D eigenvalue weighted by Gasteiger charge is 2.32. The van der Waals surface area contributed by atoms with Crippen LogP contribution < -0.4 is 15.6 Å². The summed E-state index contributed by atoms with van der Waals surface area (Å²) in [6.45, 7) is 8.26. The summed E-state index contributed by atoms with van der Waals surface area (Å²) < 4.78 is 19.2. The molecule has 0 spiro atoms. The Kier molecular flexibility index (Phi) is 7.65. The molecule has 1 fully saturated rings. The first-order valence-corrected chi connectivity index (χ1v) is 14.4. The SMILES string of the molecule is CCS(=O)c1ccc(CNc2nc3cnc(-c4c(OC)ncnc4C4CC4)nc3n([C@H](C)C(C)C)c2=O)nc1. The van der Waals surface area contributed by atoms with Crippen LogP contribution in [0.2, 0.25) is 0 Å². The quantitative estimate of drug-likeness (QED) is 0.311. The third-order valence-corrected chi connectivity index (χ3v) is 8.28. The van der Waals surface area contributed by atoms with Gasteiger partial charge in [0.2, 0.25) is 5.88 Å². The van der Waals surface area contributed by atoms with Crippen molar-refractivity contribution in [1.29, 1.82) is 0 Å². The largest absolute Gasteiger partial charge is 0.480 e. The number of fused-ring (bicyclic) bond motifs is 1. The highest BCUT2D eigenvalue weighted by atomic mass is 32.2. The molecule has 0 aliphatic heterocycles. The monoisotopic (exact) mass is 548 g/mol. The molecule has 0 radical (unpaired) electrons. The average molecular weight is 549 g/mol. The van der Waals surface area contributed by atoms with Crippen molar-refractivity contribution in [2.75, 3.05) is 18.2 Å². The fourth-order valence-corrected chi connectivity index (χ4v) is 5.04. The van der Waals surface area contributed by atoms with E-state index >= 15 is 0 Å². The van der Waals surface area contributed by atoms with Gasteiger partial charge < -0.3 is 10.1 Å². The summed E-state index contributed by atoms with van der Waals surface area (Å²) in [6, 6.07) is 3.43. The number of pyridine rings is 1. The fourth-order valence-electron chi connectivity index (χ4n) is 4.32. The minimum absolute atomic E-state index is 0.157. The van der Waals surface area contributed by atoms with Crippen LogP contribution in [-0.2, 0) is 17.3 Å². The van der Waals surface area contributed by atoms with Gasteiger partial charge in [0.05, 0.1) is 46.9 Å². The van der Waals surface area contributed by atoms with E-state index in [0.717, 1.165) is 18.5 Å². The van der Waals surface area contributed by atoms with Crippen molar-refractivity contribution >= 4 is 27.8 Å². The topological polar surface area (TPSA) is 138 Å². The van der Waals surface area contributed by atoms with Gasteiger partial charge in [0.15, 0.2) is 17.3 Å². The third kappa shape index (κ3) is 5.38. The molecule has 0 saturated heterocycles. The van der Waals surface area contributed by atoms with E-state index in [4.69, 9.17) is 9.72 Å². The van der Waals surface area contributed by atoms with E-state index in [2.05, 4.69) is 44.1 Å². The number of aromatic nitrogens is 7. The summed E-state index contributed by atoms with van der Waals surface area (Å²) in [4.78, 5) is 41.7. The lowest BCUT2D eigenvalue weighted by atomic mass is 10.1. The van der Waals surface area contributed by atoms with E-state index in [1.807, 2.05) is 13.8 Å². The molecular weight excluding hydrogens is 516 g/mol. The van der Waals surface area contributed by atoms with Crippen molar-refractivity contribution in [2.24, 2.45) is 5.92 Å². The molecule has 1 aliphatic carbocycles. The molecule has 0 amide bonds. The number of nitrogens with one attached hydrogen (secondary N) is 1. The Bertz CT molecular complexity index is 1590. The maximum absolute atomic E-state index is 13.8. The Morgan fingerprint density at radius 2 is 1.90 bits per heavy atom. The van der Waals surface area contributed by atoms with Gasteiger partial charge in [-0.25, -0.2) is 24.9 Å². The molecule has 1 saturated carbocycles. The van der Waals surface area contributed by atoms with Crippen LogP contribution in [0.3, 0.4) is 0 Å². The lowest BCUT2D eigenvalue weighted by molar-refractivity contribution is 0.397. The van der Waals surface area contributed by atoms with Crippen LogP contribution in [0.25, 0.3) is 22.6 Å². The first-order chi connectivity index (χ1) is 18.8. The molecule has 4 aromatic heterocycles. The molecule has 204 valence electrons. The second-order valence-electron chi connectivity index (χ2n) is 9.91. The van der Waals surface area contributed by atoms with Gasteiger partial charge in [-0.15, -0.1) is 0 Å². The van der Waals surface area contributed by atoms with Gasteiger partial charge in [-0.05, 0) is 37.8 Å². The van der Waals surface area contributed by atoms with E-state index in [1.165, 1.54) is 6.33 Å². The van der Waals surface area contributed by atoms with Crippen LogP contribution in [0, 0.1) is 5.92 Å². The summed E-state index contributed by atoms with van der Waals surface area (Å²) >= 11 is 0. The number of anilines is 1. The van der Waals surface area contributed by atoms with Gasteiger partial charge in [0, 0.05) is 23.9 Å². The molecule has 2 atom stereocenters. The van der Waals surface area contributed by atoms with E-state index in [1.54, 1.807) is 36.2 Å². The van der Waals surface area contributed by atoms with Crippen LogP contribution in [0.5, 0.6) is 5.88 Å². The van der Waals surface area contributed by atoms with Crippen LogP contribution in [0.4, 0.5) is 5.82 Å². The number of hydrogen-bond donors (Lipinski definition) is 1. The zero-order valence-corrected chi connectivity index (χ0v) is 23.5. The summed E-state index contributed by atoms with van der Waals surface area (Å²) in [5, 5.41) is 3.14. The zero-order valence-electron chi connectivity index (χ0n) is 22.7. The van der Waals surface area contributed by atoms with Gasteiger partial charge in [0.1, 0.15) is 17.4 Å². The molecular formula is C27H32N8O3S. The third-order valence-electron chi connectivity index (χ3n) is 6.99. The van der Waals surface area contributed by atoms with Crippen molar-refractivity contribution in [3.63, 3.8) is 0 Å². The Hall–Kier alpha value is -3.80. The van der Waals surface area contributed by atoms with Crippen molar-refractivity contribution in [2.45, 2.75) is 63.9 Å². The number of nitrogens with zero attached hydrogens (tertiary/aromatic N) is 7. The van der Waals surface area contributed by atoms with Gasteiger partial charge >= 0.3 is 0 Å². The summed E-state index contributed by atoms with van der Waals surface area (Å²) in [7, 11) is 0.493. The molecule has 11 nitrogen and oxygen atoms in total. The minimum atomic E-state index is -1.07. The Balaban J connectivity index is 1.56. The number of methoxy groups -OCH3 is 1. The molecule has 1 unspecified atom stereocenters. The number of rotatable bonds is 10. The lowest BCUT2D eigenvalue weighted by Gasteiger charge is -2.22. The van der Waals surface area contributed by atoms with E-state index in [-0.39, 0.29) is 29.9 Å². The summed E-state index contributed by atoms with van der Waals surface area (Å²) in [6.07, 6.45) is 6.82. The van der Waals surface area contributed by atoms with Crippen LogP contribution >= 0.6 is 0 Å². The van der Waals surface area contributed by atoms with Gasteiger partial charge in [0.25, 0.3) is 5.56 Å². The standard InChI is InChI=1S/C27H32N8O3S/c1-6-39(37)19-10-9-18(28-12-19)11-29-24-27(36)35(16(4)15(2)3)25-20(33-24)13-30-23(34-25)21-22(17-7-8-17)31-14-32-26(21)38-5/h9-10,12-17H,6-8,11H2,1-5H3,(H,29,33)/t16-,39?/m1/s1. The van der Waals surface area contributed by atoms with E-state index in [9.17, 15) is 9.00 Å². The molecule has 0 aromatic carbocycles. The van der Waals surface area contributed by atoms with Crippen molar-refractivity contribution in [3.8, 4) is 17.3 Å². The van der Waals surface area contributed by atoms with E-state index < -0.39 is 10.8 Å². The molecule has 39 heavy (non-hydrogen) atoms. The molecule has 1 N–H and O–H groups in total. The maximum Gasteiger partial charge on any atom is 0.295 e. The summed E-state index contributed by atoms with van der Waals surface area (Å²) in [5.74, 6) is 2.01. The minimum Gasteiger partial charge on any atom is -0.480 e. The first kappa shape index (κ1) is 26.8. The number of hydrogen-bond acceptors (Lipinski definition) is 10. The zero-order chi connectivity index (χ0) is 27.7. The molecule has 5 rings (SSSR count). The molecule has 12 heteroatoms. The predicted octanol–water partition coefficient (Wildman–Crippen LogP) is 3.88. The van der Waals surface area contributed by atoms with Crippen LogP contribution in [0.15, 0.2) is 40.5 Å². The maximum atomic E-state index is 13.8. The fraction of sp³-hybridized carbons (Fsp3) is 0.444. The van der Waals surface area contributed by atoms with Gasteiger partial charge in [-0.3, -0.25) is 18.6 Å². The van der Waals surface area contributed by atoms with Crippen molar-refractivity contribution < 1.29 is 8.95 Å². The van der Waals surface area contributed by atoms with Crippen molar-refractivity contribution in [3.05, 3.63) is 52.6 Å². The second kappa shape index (κ2) is 11.1. The van der Waals surface area contributed by atoms with Crippen LogP contribution in [0.1, 0.15) is 63.9 Å². The normalized spacial score (nSPS) is 14.9. The van der Waals surface area contributed by atoms with Gasteiger partial charge in [-0.2, -0.15) is 0 Å². The molecule has 4 heterocycles. The predicted molar refractivity (Wildman–Crippen MR) is 149 cm³/mol. The molecule has 1 aliphatic rings. The van der Waals surface area contributed by atoms with Gasteiger partial charge in [-0.1, -0.05) is 20.8 Å². The van der Waals surface area contributed by atoms with E-state index in [0.29, 0.717) is 50.7 Å². The molecule has 0 bridgehead atoms. The highest BCUT2D eigenvalue weighted by Crippen LogP contribution is 2.44. The Morgan fingerprint density at radius 3 is 2.54 bits per heavy atom. The molecule has 4 aromatic rings. The first-order valence-electron chi connectivity index (χ1n) is 13.1. The van der Waals surface area contributed by atoms with Crippen LogP contribution in [-0.4, -0.2) is 51.5 Å². The smallest absolute Gasteiger partial charge is 0.295 e. The highest BCUT2D eigenvalue weighted by molar-refractivity contribution is 7.85.